The topological polar surface area (TPSA) is 140 Å². The van der Waals surface area contributed by atoms with Gasteiger partial charge in [-0.2, -0.15) is 0 Å². The zero-order chi connectivity index (χ0) is 33.2. The molecular weight excluding hydrogens is 592 g/mol. The summed E-state index contributed by atoms with van der Waals surface area (Å²) in [5, 5.41) is 16.6. The first-order valence-electron chi connectivity index (χ1n) is 14.2. The van der Waals surface area contributed by atoms with E-state index in [0.717, 1.165) is 16.7 Å². The van der Waals surface area contributed by atoms with E-state index in [9.17, 15) is 5.11 Å². The maximum absolute atomic E-state index is 10.4. The van der Waals surface area contributed by atoms with Crippen LogP contribution in [0.3, 0.4) is 0 Å². The summed E-state index contributed by atoms with van der Waals surface area (Å²) in [6.45, 7) is 17.9. The van der Waals surface area contributed by atoms with Gasteiger partial charge in [0.2, 0.25) is 0 Å². The van der Waals surface area contributed by atoms with Crippen LogP contribution in [0.1, 0.15) is 11.1 Å². The minimum Gasteiger partial charge on any atom is -0.503 e. The molecule has 6 rings (SSSR count). The maximum Gasteiger partial charge on any atom is 0.269 e. The highest BCUT2D eigenvalue weighted by Gasteiger charge is 2.15. The molecular formula is C35H28N10O2. The fraction of sp³-hybridized carbons (Fsp3) is 0.0857. The average Bonchev–Trinajstić information content (AvgIpc) is 3.11. The quantitative estimate of drug-likeness (QED) is 0.150. The Morgan fingerprint density at radius 1 is 0.596 bits per heavy atom. The van der Waals surface area contributed by atoms with Crippen molar-refractivity contribution >= 4 is 34.6 Å². The lowest BCUT2D eigenvalue weighted by molar-refractivity contribution is 0.415. The summed E-state index contributed by atoms with van der Waals surface area (Å²) in [4.78, 5) is 31.3. The van der Waals surface area contributed by atoms with Crippen LogP contribution in [0.4, 0.5) is 34.6 Å². The van der Waals surface area contributed by atoms with Crippen LogP contribution in [0.15, 0.2) is 97.8 Å². The third-order valence-electron chi connectivity index (χ3n) is 6.73. The summed E-state index contributed by atoms with van der Waals surface area (Å²) < 4.78 is 5.52. The number of aromatic nitrogens is 6. The first-order valence-corrected chi connectivity index (χ1v) is 14.2. The summed E-state index contributed by atoms with van der Waals surface area (Å²) >= 11 is 0. The third kappa shape index (κ3) is 7.78. The molecule has 0 fully saturated rings. The number of hydrogen-bond acceptors (Lipinski definition) is 10. The standard InChI is InChI=1S/C18H15N5O.C17H13N5O/c1-12-4-6-13(7-5-12)16-17(24-3)18(22-11-21-16)23-14-8-9-15(19-2)20-10-14;1-11-3-5-12(6-4-11)15-16(23)17(21-10-20-15)22-13-7-8-14(18-2)19-9-13/h4-11H,1,3H3,(H,21,22,23);3-10,23H,1H3,(H,20,21,22). The second-order valence-electron chi connectivity index (χ2n) is 10.0. The van der Waals surface area contributed by atoms with E-state index < -0.39 is 0 Å². The molecule has 0 atom stereocenters. The molecule has 0 spiro atoms. The minimum absolute atomic E-state index is 0.0365. The molecule has 0 bridgehead atoms. The molecule has 0 aliphatic heterocycles. The van der Waals surface area contributed by atoms with Crippen molar-refractivity contribution in [3.05, 3.63) is 132 Å². The van der Waals surface area contributed by atoms with Gasteiger partial charge in [0.1, 0.15) is 36.4 Å². The number of rotatable bonds is 7. The van der Waals surface area contributed by atoms with Gasteiger partial charge in [-0.15, -0.1) is 9.97 Å². The van der Waals surface area contributed by atoms with E-state index in [1.165, 1.54) is 24.4 Å². The minimum atomic E-state index is -0.0365. The van der Waals surface area contributed by atoms with Crippen molar-refractivity contribution in [2.45, 2.75) is 13.8 Å². The molecule has 2 aromatic carbocycles. The molecule has 230 valence electrons. The highest BCUT2D eigenvalue weighted by Crippen LogP contribution is 2.35. The number of aromatic hydroxyl groups is 1. The maximum atomic E-state index is 10.4. The van der Waals surface area contributed by atoms with Gasteiger partial charge in [-0.05, 0) is 38.1 Å². The number of ether oxygens (including phenoxy) is 1. The van der Waals surface area contributed by atoms with E-state index in [1.807, 2.05) is 62.4 Å². The molecule has 12 nitrogen and oxygen atoms in total. The molecule has 0 aliphatic carbocycles. The van der Waals surface area contributed by atoms with E-state index in [2.05, 4.69) is 50.2 Å². The summed E-state index contributed by atoms with van der Waals surface area (Å²) in [6.07, 6.45) is 5.97. The first-order chi connectivity index (χ1) is 22.9. The summed E-state index contributed by atoms with van der Waals surface area (Å²) in [5.74, 6) is 1.99. The Morgan fingerprint density at radius 2 is 1.06 bits per heavy atom. The number of anilines is 4. The van der Waals surface area contributed by atoms with Crippen LogP contribution in [-0.4, -0.2) is 42.1 Å². The van der Waals surface area contributed by atoms with Gasteiger partial charge in [0.05, 0.1) is 18.5 Å². The normalized spacial score (nSPS) is 10.1. The Hall–Kier alpha value is -6.92. The Morgan fingerprint density at radius 3 is 1.53 bits per heavy atom. The summed E-state index contributed by atoms with van der Waals surface area (Å²) in [6, 6.07) is 22.5. The van der Waals surface area contributed by atoms with Crippen LogP contribution in [-0.2, 0) is 0 Å². The van der Waals surface area contributed by atoms with Gasteiger partial charge in [0.15, 0.2) is 23.1 Å². The number of aryl methyl sites for hydroxylation is 2. The Bertz CT molecular complexity index is 2050. The van der Waals surface area contributed by atoms with Gasteiger partial charge in [0, 0.05) is 11.1 Å². The van der Waals surface area contributed by atoms with Crippen LogP contribution < -0.4 is 15.4 Å². The van der Waals surface area contributed by atoms with Crippen molar-refractivity contribution < 1.29 is 9.84 Å². The predicted octanol–water partition coefficient (Wildman–Crippen LogP) is 8.00. The highest BCUT2D eigenvalue weighted by atomic mass is 16.5. The van der Waals surface area contributed by atoms with E-state index in [4.69, 9.17) is 17.9 Å². The largest absolute Gasteiger partial charge is 0.503 e. The van der Waals surface area contributed by atoms with Crippen molar-refractivity contribution in [2.24, 2.45) is 0 Å². The molecule has 12 heteroatoms. The van der Waals surface area contributed by atoms with Crippen LogP contribution in [0.2, 0.25) is 0 Å². The fourth-order valence-electron chi connectivity index (χ4n) is 4.29. The van der Waals surface area contributed by atoms with Gasteiger partial charge in [-0.25, -0.2) is 19.9 Å². The van der Waals surface area contributed by atoms with Crippen LogP contribution in [0.5, 0.6) is 11.5 Å². The van der Waals surface area contributed by atoms with Gasteiger partial charge >= 0.3 is 0 Å². The number of benzene rings is 2. The van der Waals surface area contributed by atoms with E-state index in [-0.39, 0.29) is 11.6 Å². The monoisotopic (exact) mass is 620 g/mol. The predicted molar refractivity (Wildman–Crippen MR) is 180 cm³/mol. The molecule has 4 heterocycles. The first kappa shape index (κ1) is 31.5. The molecule has 0 amide bonds. The van der Waals surface area contributed by atoms with Crippen LogP contribution >= 0.6 is 0 Å². The third-order valence-corrected chi connectivity index (χ3v) is 6.73. The molecule has 0 saturated carbocycles. The summed E-state index contributed by atoms with van der Waals surface area (Å²) in [7, 11) is 1.59. The number of methoxy groups -OCH3 is 1. The van der Waals surface area contributed by atoms with Gasteiger partial charge in [-0.3, -0.25) is 0 Å². The Labute approximate surface area is 271 Å². The van der Waals surface area contributed by atoms with Crippen LogP contribution in [0, 0.1) is 27.0 Å². The zero-order valence-corrected chi connectivity index (χ0v) is 25.7. The molecule has 3 N–H and O–H groups in total. The van der Waals surface area contributed by atoms with E-state index >= 15 is 0 Å². The van der Waals surface area contributed by atoms with E-state index in [0.29, 0.717) is 46.0 Å². The van der Waals surface area contributed by atoms with Crippen molar-refractivity contribution in [1.82, 2.24) is 29.9 Å². The smallest absolute Gasteiger partial charge is 0.269 e. The molecule has 0 radical (unpaired) electrons. The lowest BCUT2D eigenvalue weighted by atomic mass is 10.1. The fourth-order valence-corrected chi connectivity index (χ4v) is 4.29. The molecule has 6 aromatic rings. The number of pyridine rings is 2. The lowest BCUT2D eigenvalue weighted by Gasteiger charge is -2.13. The second kappa shape index (κ2) is 14.7. The molecule has 0 unspecified atom stereocenters. The van der Waals surface area contributed by atoms with Crippen molar-refractivity contribution in [3.8, 4) is 34.0 Å². The lowest BCUT2D eigenvalue weighted by Crippen LogP contribution is -2.01. The van der Waals surface area contributed by atoms with Gasteiger partial charge in [0.25, 0.3) is 11.6 Å². The average molecular weight is 621 g/mol. The Balaban J connectivity index is 0.000000185. The van der Waals surface area contributed by atoms with Gasteiger partial charge < -0.3 is 30.2 Å². The SMILES string of the molecule is [C-]#[N+]c1ccc(Nc2ncnc(-c3ccc(C)cc3)c2O)cn1.[C-]#[N+]c1ccc(Nc2ncnc(-c3ccc(C)cc3)c2OC)cn1. The number of hydrogen-bond donors (Lipinski definition) is 3. The van der Waals surface area contributed by atoms with E-state index in [1.54, 1.807) is 37.6 Å². The summed E-state index contributed by atoms with van der Waals surface area (Å²) in [5.41, 5.74) is 6.57. The van der Waals surface area contributed by atoms with Gasteiger partial charge in [-0.1, -0.05) is 72.8 Å². The molecule has 0 aliphatic rings. The molecule has 47 heavy (non-hydrogen) atoms. The number of nitrogens with zero attached hydrogens (tertiary/aromatic N) is 8. The van der Waals surface area contributed by atoms with Crippen molar-refractivity contribution in [3.63, 3.8) is 0 Å². The molecule has 4 aromatic heterocycles. The van der Waals surface area contributed by atoms with Crippen molar-refractivity contribution in [1.29, 1.82) is 0 Å². The Kier molecular flexibility index (Phi) is 9.86. The van der Waals surface area contributed by atoms with Crippen LogP contribution in [0.25, 0.3) is 32.2 Å². The zero-order valence-electron chi connectivity index (χ0n) is 25.7. The van der Waals surface area contributed by atoms with Crippen molar-refractivity contribution in [2.75, 3.05) is 17.7 Å². The highest BCUT2D eigenvalue weighted by molar-refractivity contribution is 5.76. The molecule has 0 saturated heterocycles. The second-order valence-corrected chi connectivity index (χ2v) is 10.0. The number of nitrogens with one attached hydrogen (secondary N) is 2.